The van der Waals surface area contributed by atoms with Crippen LogP contribution in [0.1, 0.15) is 0 Å². The quantitative estimate of drug-likeness (QED) is 0.393. The molecule has 0 atom stereocenters. The highest BCUT2D eigenvalue weighted by molar-refractivity contribution is 6.04. The fourth-order valence-corrected chi connectivity index (χ4v) is 3.68. The molecule has 2 heteroatoms. The first-order valence-electron chi connectivity index (χ1n) is 9.09. The van der Waals surface area contributed by atoms with Gasteiger partial charge in [0.05, 0.1) is 11.4 Å². The molecule has 2 heterocycles. The van der Waals surface area contributed by atoms with E-state index in [1.165, 1.54) is 22.1 Å². The molecule has 1 N–H and O–H groups in total. The summed E-state index contributed by atoms with van der Waals surface area (Å²) < 4.78 is 0. The van der Waals surface area contributed by atoms with Gasteiger partial charge in [0.2, 0.25) is 0 Å². The molecular weight excluding hydrogens is 328 g/mol. The van der Waals surface area contributed by atoms with Gasteiger partial charge in [0, 0.05) is 28.2 Å². The van der Waals surface area contributed by atoms with Crippen molar-refractivity contribution in [3.8, 4) is 33.6 Å². The summed E-state index contributed by atoms with van der Waals surface area (Å²) in [6.45, 7) is 0. The third-order valence-electron chi connectivity index (χ3n) is 4.90. The summed E-state index contributed by atoms with van der Waals surface area (Å²) in [5.74, 6) is 0. The Morgan fingerprint density at radius 3 is 2.04 bits per heavy atom. The minimum Gasteiger partial charge on any atom is -0.353 e. The van der Waals surface area contributed by atoms with Crippen molar-refractivity contribution < 1.29 is 0 Å². The van der Waals surface area contributed by atoms with Crippen LogP contribution in [0.3, 0.4) is 0 Å². The highest BCUT2D eigenvalue weighted by atomic mass is 14.8. The average Bonchev–Trinajstić information content (AvgIpc) is 3.14. The van der Waals surface area contributed by atoms with Crippen molar-refractivity contribution in [3.05, 3.63) is 103 Å². The van der Waals surface area contributed by atoms with E-state index >= 15 is 0 Å². The van der Waals surface area contributed by atoms with Gasteiger partial charge in [-0.25, -0.2) is 0 Å². The summed E-state index contributed by atoms with van der Waals surface area (Å²) in [7, 11) is 0. The summed E-state index contributed by atoms with van der Waals surface area (Å²) in [6, 6.07) is 33.5. The second-order valence-electron chi connectivity index (χ2n) is 6.55. The third-order valence-corrected chi connectivity index (χ3v) is 4.90. The van der Waals surface area contributed by atoms with Crippen LogP contribution >= 0.6 is 0 Å². The Kier molecular flexibility index (Phi) is 3.80. The van der Waals surface area contributed by atoms with Crippen LogP contribution in [0.2, 0.25) is 0 Å². The number of H-pyrrole nitrogens is 1. The molecule has 0 amide bonds. The lowest BCUT2D eigenvalue weighted by atomic mass is 9.96. The molecule has 2 nitrogen and oxygen atoms in total. The summed E-state index contributed by atoms with van der Waals surface area (Å²) in [6.07, 6.45) is 1.86. The Balaban J connectivity index is 1.83. The fraction of sp³-hybridized carbons (Fsp3) is 0. The van der Waals surface area contributed by atoms with Crippen LogP contribution in [0.15, 0.2) is 103 Å². The number of rotatable bonds is 3. The molecule has 5 aromatic rings. The standard InChI is InChI=1S/C25H18N2/c1-3-10-18(11-4-1)20-15-9-17-26-24(20)25-23(19-12-5-2-6-13-19)21-14-7-8-16-22(21)27-25/h1-17,27H. The Labute approximate surface area is 158 Å². The Morgan fingerprint density at radius 1 is 0.593 bits per heavy atom. The first-order valence-corrected chi connectivity index (χ1v) is 9.09. The molecule has 0 bridgehead atoms. The van der Waals surface area contributed by atoms with Crippen molar-refractivity contribution in [2.45, 2.75) is 0 Å². The van der Waals surface area contributed by atoms with Gasteiger partial charge in [-0.2, -0.15) is 0 Å². The van der Waals surface area contributed by atoms with Crippen LogP contribution in [0, 0.1) is 0 Å². The number of para-hydroxylation sites is 1. The summed E-state index contributed by atoms with van der Waals surface area (Å²) in [4.78, 5) is 8.40. The van der Waals surface area contributed by atoms with E-state index < -0.39 is 0 Å². The first kappa shape index (κ1) is 15.6. The maximum absolute atomic E-state index is 4.78. The second-order valence-corrected chi connectivity index (χ2v) is 6.55. The maximum atomic E-state index is 4.78. The van der Waals surface area contributed by atoms with Crippen LogP contribution < -0.4 is 0 Å². The predicted molar refractivity (Wildman–Crippen MR) is 112 cm³/mol. The number of nitrogens with one attached hydrogen (secondary N) is 1. The largest absolute Gasteiger partial charge is 0.353 e. The predicted octanol–water partition coefficient (Wildman–Crippen LogP) is 6.56. The summed E-state index contributed by atoms with van der Waals surface area (Å²) >= 11 is 0. The van der Waals surface area contributed by atoms with Gasteiger partial charge in [0.25, 0.3) is 0 Å². The van der Waals surface area contributed by atoms with E-state index in [4.69, 9.17) is 4.98 Å². The normalized spacial score (nSPS) is 11.0. The van der Waals surface area contributed by atoms with Crippen LogP contribution in [0.25, 0.3) is 44.5 Å². The third kappa shape index (κ3) is 2.72. The molecule has 0 saturated heterocycles. The molecule has 0 saturated carbocycles. The van der Waals surface area contributed by atoms with Crippen molar-refractivity contribution in [2.24, 2.45) is 0 Å². The van der Waals surface area contributed by atoms with Gasteiger partial charge in [0.1, 0.15) is 0 Å². The number of aromatic amines is 1. The lowest BCUT2D eigenvalue weighted by Gasteiger charge is -2.10. The second kappa shape index (κ2) is 6.58. The van der Waals surface area contributed by atoms with E-state index in [0.29, 0.717) is 0 Å². The van der Waals surface area contributed by atoms with E-state index in [1.54, 1.807) is 0 Å². The van der Waals surface area contributed by atoms with Gasteiger partial charge >= 0.3 is 0 Å². The average molecular weight is 346 g/mol. The van der Waals surface area contributed by atoms with Crippen molar-refractivity contribution in [1.82, 2.24) is 9.97 Å². The van der Waals surface area contributed by atoms with Gasteiger partial charge in [-0.1, -0.05) is 84.9 Å². The van der Waals surface area contributed by atoms with Crippen molar-refractivity contribution in [1.29, 1.82) is 0 Å². The van der Waals surface area contributed by atoms with E-state index in [2.05, 4.69) is 83.8 Å². The minimum atomic E-state index is 0.971. The molecule has 27 heavy (non-hydrogen) atoms. The zero-order chi connectivity index (χ0) is 18.1. The number of aromatic nitrogens is 2. The molecule has 0 aliphatic carbocycles. The summed E-state index contributed by atoms with van der Waals surface area (Å²) in [5.41, 5.74) is 7.83. The van der Waals surface area contributed by atoms with Crippen molar-refractivity contribution >= 4 is 10.9 Å². The molecule has 0 aliphatic rings. The molecule has 0 unspecified atom stereocenters. The van der Waals surface area contributed by atoms with Crippen molar-refractivity contribution in [2.75, 3.05) is 0 Å². The van der Waals surface area contributed by atoms with Gasteiger partial charge in [-0.15, -0.1) is 0 Å². The van der Waals surface area contributed by atoms with E-state index in [9.17, 15) is 0 Å². The lowest BCUT2D eigenvalue weighted by molar-refractivity contribution is 1.29. The Morgan fingerprint density at radius 2 is 1.26 bits per heavy atom. The molecular formula is C25H18N2. The topological polar surface area (TPSA) is 28.7 Å². The zero-order valence-electron chi connectivity index (χ0n) is 14.8. The highest BCUT2D eigenvalue weighted by Crippen LogP contribution is 2.40. The Hall–Kier alpha value is -3.65. The number of hydrogen-bond acceptors (Lipinski definition) is 1. The molecule has 128 valence electrons. The maximum Gasteiger partial charge on any atom is 0.0949 e. The Bertz CT molecular complexity index is 1210. The number of fused-ring (bicyclic) bond motifs is 1. The summed E-state index contributed by atoms with van der Waals surface area (Å²) in [5, 5.41) is 1.21. The van der Waals surface area contributed by atoms with Gasteiger partial charge in [0.15, 0.2) is 0 Å². The van der Waals surface area contributed by atoms with Crippen molar-refractivity contribution in [3.63, 3.8) is 0 Å². The zero-order valence-corrected chi connectivity index (χ0v) is 14.8. The molecule has 0 fully saturated rings. The monoisotopic (exact) mass is 346 g/mol. The van der Waals surface area contributed by atoms with Crippen LogP contribution in [-0.2, 0) is 0 Å². The lowest BCUT2D eigenvalue weighted by Crippen LogP contribution is -1.91. The SMILES string of the molecule is c1ccc(-c2cccnc2-c2[nH]c3ccccc3c2-c2ccccc2)cc1. The first-order chi connectivity index (χ1) is 13.4. The molecule has 5 rings (SSSR count). The highest BCUT2D eigenvalue weighted by Gasteiger charge is 2.18. The van der Waals surface area contributed by atoms with E-state index in [-0.39, 0.29) is 0 Å². The molecule has 3 aromatic carbocycles. The number of benzene rings is 3. The van der Waals surface area contributed by atoms with Crippen LogP contribution in [0.5, 0.6) is 0 Å². The number of nitrogens with zero attached hydrogens (tertiary/aromatic N) is 1. The van der Waals surface area contributed by atoms with Crippen LogP contribution in [-0.4, -0.2) is 9.97 Å². The molecule has 0 radical (unpaired) electrons. The molecule has 0 spiro atoms. The number of pyridine rings is 1. The number of hydrogen-bond donors (Lipinski definition) is 1. The van der Waals surface area contributed by atoms with Gasteiger partial charge in [-0.05, 0) is 23.3 Å². The van der Waals surface area contributed by atoms with Gasteiger partial charge < -0.3 is 4.98 Å². The van der Waals surface area contributed by atoms with Crippen LogP contribution in [0.4, 0.5) is 0 Å². The van der Waals surface area contributed by atoms with Gasteiger partial charge in [-0.3, -0.25) is 4.98 Å². The van der Waals surface area contributed by atoms with E-state index in [0.717, 1.165) is 22.5 Å². The molecule has 2 aromatic heterocycles. The molecule has 0 aliphatic heterocycles. The van der Waals surface area contributed by atoms with E-state index in [1.807, 2.05) is 24.4 Å². The smallest absolute Gasteiger partial charge is 0.0949 e. The minimum absolute atomic E-state index is 0.971. The fourth-order valence-electron chi connectivity index (χ4n) is 3.68.